The summed E-state index contributed by atoms with van der Waals surface area (Å²) in [6.45, 7) is 1.41. The lowest BCUT2D eigenvalue weighted by Crippen LogP contribution is -2.30. The van der Waals surface area contributed by atoms with Crippen LogP contribution < -0.4 is 19.5 Å². The van der Waals surface area contributed by atoms with Crippen molar-refractivity contribution in [1.29, 1.82) is 0 Å². The molecule has 0 bridgehead atoms. The van der Waals surface area contributed by atoms with E-state index in [2.05, 4.69) is 5.32 Å². The number of amides is 1. The number of anilines is 1. The van der Waals surface area contributed by atoms with Crippen LogP contribution >= 0.6 is 34.8 Å². The Morgan fingerprint density at radius 1 is 0.828 bits per heavy atom. The summed E-state index contributed by atoms with van der Waals surface area (Å²) in [5, 5.41) is 3.18. The summed E-state index contributed by atoms with van der Waals surface area (Å²) >= 11 is 17.8. The van der Waals surface area contributed by atoms with Crippen molar-refractivity contribution in [3.05, 3.63) is 44.9 Å². The molecule has 156 valence electrons. The van der Waals surface area contributed by atoms with Crippen LogP contribution in [0.4, 0.5) is 5.69 Å². The molecule has 0 spiro atoms. The van der Waals surface area contributed by atoms with Gasteiger partial charge in [0.05, 0.1) is 42.1 Å². The molecule has 0 unspecified atom stereocenters. The molecule has 2 rings (SSSR count). The Balaban J connectivity index is 2.18. The van der Waals surface area contributed by atoms with Crippen molar-refractivity contribution in [3.8, 4) is 17.2 Å². The van der Waals surface area contributed by atoms with Crippen molar-refractivity contribution >= 4 is 52.4 Å². The Morgan fingerprint density at radius 2 is 1.38 bits per heavy atom. The molecule has 0 fully saturated rings. The third-order valence-corrected chi connectivity index (χ3v) is 4.88. The van der Waals surface area contributed by atoms with Crippen molar-refractivity contribution in [1.82, 2.24) is 0 Å². The molecule has 0 radical (unpaired) electrons. The maximum atomic E-state index is 12.6. The first-order valence-electron chi connectivity index (χ1n) is 8.18. The van der Waals surface area contributed by atoms with Crippen molar-refractivity contribution in [2.24, 2.45) is 0 Å². The van der Waals surface area contributed by atoms with E-state index < -0.39 is 18.0 Å². The summed E-state index contributed by atoms with van der Waals surface area (Å²) in [5.74, 6) is -0.516. The average Bonchev–Trinajstić information content (AvgIpc) is 2.70. The molecule has 0 aliphatic carbocycles. The van der Waals surface area contributed by atoms with Gasteiger partial charge in [-0.3, -0.25) is 4.79 Å². The Bertz CT molecular complexity index is 935. The molecule has 2 aromatic rings. The quantitative estimate of drug-likeness (QED) is 0.467. The molecule has 1 N–H and O–H groups in total. The fourth-order valence-electron chi connectivity index (χ4n) is 2.32. The molecule has 0 saturated heterocycles. The number of hydrogen-bond donors (Lipinski definition) is 1. The monoisotopic (exact) mass is 461 g/mol. The Hall–Kier alpha value is -2.35. The summed E-state index contributed by atoms with van der Waals surface area (Å²) in [5.41, 5.74) is 0.301. The molecule has 29 heavy (non-hydrogen) atoms. The summed E-state index contributed by atoms with van der Waals surface area (Å²) in [6.07, 6.45) is -1.15. The van der Waals surface area contributed by atoms with Crippen LogP contribution in [0.3, 0.4) is 0 Å². The zero-order valence-corrected chi connectivity index (χ0v) is 18.2. The Labute approximate surface area is 182 Å². The molecule has 0 saturated carbocycles. The molecule has 10 heteroatoms. The second kappa shape index (κ2) is 9.91. The van der Waals surface area contributed by atoms with Crippen LogP contribution in [0.5, 0.6) is 17.2 Å². The number of carbonyl (C=O) groups is 2. The summed E-state index contributed by atoms with van der Waals surface area (Å²) in [4.78, 5) is 25.0. The van der Waals surface area contributed by atoms with Crippen LogP contribution in [-0.4, -0.2) is 39.3 Å². The normalized spacial score (nSPS) is 11.4. The van der Waals surface area contributed by atoms with E-state index in [0.29, 0.717) is 11.5 Å². The van der Waals surface area contributed by atoms with Gasteiger partial charge in [0.25, 0.3) is 5.91 Å². The van der Waals surface area contributed by atoms with E-state index in [1.165, 1.54) is 52.5 Å². The largest absolute Gasteiger partial charge is 0.496 e. The smallest absolute Gasteiger partial charge is 0.342 e. The molecular formula is C19H18Cl3NO6. The van der Waals surface area contributed by atoms with E-state index in [1.54, 1.807) is 0 Å². The molecule has 0 aliphatic heterocycles. The predicted octanol–water partition coefficient (Wildman–Crippen LogP) is 4.86. The highest BCUT2D eigenvalue weighted by Gasteiger charge is 2.24. The van der Waals surface area contributed by atoms with Gasteiger partial charge in [0, 0.05) is 12.1 Å². The summed E-state index contributed by atoms with van der Waals surface area (Å²) in [6, 6.07) is 5.68. The molecular weight excluding hydrogens is 445 g/mol. The second-order valence-corrected chi connectivity index (χ2v) is 6.91. The first-order valence-corrected chi connectivity index (χ1v) is 9.31. The number of esters is 1. The minimum absolute atomic E-state index is 0.0670. The predicted molar refractivity (Wildman–Crippen MR) is 111 cm³/mol. The summed E-state index contributed by atoms with van der Waals surface area (Å²) in [7, 11) is 4.27. The second-order valence-electron chi connectivity index (χ2n) is 5.69. The average molecular weight is 463 g/mol. The molecule has 2 aromatic carbocycles. The van der Waals surface area contributed by atoms with Crippen LogP contribution in [0.25, 0.3) is 0 Å². The van der Waals surface area contributed by atoms with Crippen molar-refractivity contribution < 1.29 is 28.5 Å². The SMILES string of the molecule is COc1cc(OC)c(C(=O)O[C@@H](C)C(=O)Nc2cc(Cl)c(Cl)cc2Cl)cc1OC. The lowest BCUT2D eigenvalue weighted by molar-refractivity contribution is -0.123. The van der Waals surface area contributed by atoms with Gasteiger partial charge in [-0.15, -0.1) is 0 Å². The van der Waals surface area contributed by atoms with E-state index in [4.69, 9.17) is 53.8 Å². The van der Waals surface area contributed by atoms with Gasteiger partial charge >= 0.3 is 5.97 Å². The van der Waals surface area contributed by atoms with Gasteiger partial charge in [0.1, 0.15) is 11.3 Å². The van der Waals surface area contributed by atoms with Crippen molar-refractivity contribution in [2.75, 3.05) is 26.6 Å². The van der Waals surface area contributed by atoms with E-state index in [0.717, 1.165) is 0 Å². The molecule has 1 atom stereocenters. The fourth-order valence-corrected chi connectivity index (χ4v) is 2.91. The van der Waals surface area contributed by atoms with Gasteiger partial charge in [-0.2, -0.15) is 0 Å². The highest BCUT2D eigenvalue weighted by atomic mass is 35.5. The fraction of sp³-hybridized carbons (Fsp3) is 0.263. The first-order chi connectivity index (χ1) is 13.7. The van der Waals surface area contributed by atoms with Crippen molar-refractivity contribution in [3.63, 3.8) is 0 Å². The number of rotatable bonds is 7. The minimum Gasteiger partial charge on any atom is -0.496 e. The van der Waals surface area contributed by atoms with Gasteiger partial charge in [-0.1, -0.05) is 34.8 Å². The van der Waals surface area contributed by atoms with Gasteiger partial charge < -0.3 is 24.3 Å². The topological polar surface area (TPSA) is 83.1 Å². The standard InChI is InChI=1S/C19H18Cl3NO6/c1-9(18(24)23-14-7-12(21)11(20)6-13(14)22)29-19(25)10-5-16(27-3)17(28-4)8-15(10)26-2/h5-9H,1-4H3,(H,23,24)/t9-/m0/s1. The van der Waals surface area contributed by atoms with E-state index in [9.17, 15) is 9.59 Å². The number of benzene rings is 2. The van der Waals surface area contributed by atoms with Crippen LogP contribution in [0, 0.1) is 0 Å². The number of halogens is 3. The van der Waals surface area contributed by atoms with Gasteiger partial charge in [-0.25, -0.2) is 4.79 Å². The summed E-state index contributed by atoms with van der Waals surface area (Å²) < 4.78 is 20.8. The molecule has 1 amide bonds. The van der Waals surface area contributed by atoms with Crippen LogP contribution in [0.2, 0.25) is 15.1 Å². The van der Waals surface area contributed by atoms with Gasteiger partial charge in [-0.05, 0) is 19.1 Å². The zero-order chi connectivity index (χ0) is 21.7. The maximum absolute atomic E-state index is 12.6. The number of carbonyl (C=O) groups excluding carboxylic acids is 2. The Morgan fingerprint density at radius 3 is 1.97 bits per heavy atom. The highest BCUT2D eigenvalue weighted by molar-refractivity contribution is 6.44. The lowest BCUT2D eigenvalue weighted by atomic mass is 10.1. The van der Waals surface area contributed by atoms with Crippen LogP contribution in [0.15, 0.2) is 24.3 Å². The molecule has 7 nitrogen and oxygen atoms in total. The van der Waals surface area contributed by atoms with E-state index in [1.807, 2.05) is 0 Å². The Kier molecular flexibility index (Phi) is 7.84. The van der Waals surface area contributed by atoms with Crippen molar-refractivity contribution in [2.45, 2.75) is 13.0 Å². The highest BCUT2D eigenvalue weighted by Crippen LogP contribution is 2.35. The lowest BCUT2D eigenvalue weighted by Gasteiger charge is -2.17. The number of ether oxygens (including phenoxy) is 4. The minimum atomic E-state index is -1.15. The molecule has 0 aromatic heterocycles. The first kappa shape index (κ1) is 22.9. The number of nitrogens with one attached hydrogen (secondary N) is 1. The van der Waals surface area contributed by atoms with Gasteiger partial charge in [0.2, 0.25) is 0 Å². The van der Waals surface area contributed by atoms with Gasteiger partial charge in [0.15, 0.2) is 17.6 Å². The zero-order valence-electron chi connectivity index (χ0n) is 16.0. The third kappa shape index (κ3) is 5.38. The third-order valence-electron chi connectivity index (χ3n) is 3.85. The van der Waals surface area contributed by atoms with Crippen LogP contribution in [0.1, 0.15) is 17.3 Å². The molecule has 0 heterocycles. The number of hydrogen-bond acceptors (Lipinski definition) is 6. The maximum Gasteiger partial charge on any atom is 0.342 e. The van der Waals surface area contributed by atoms with E-state index in [-0.39, 0.29) is 32.1 Å². The molecule has 0 aliphatic rings. The van der Waals surface area contributed by atoms with E-state index >= 15 is 0 Å². The van der Waals surface area contributed by atoms with Crippen LogP contribution in [-0.2, 0) is 9.53 Å². The number of methoxy groups -OCH3 is 3.